The molecular weight excluding hydrogens is 376 g/mol. The molecule has 1 heterocycles. The lowest BCUT2D eigenvalue weighted by molar-refractivity contribution is -0.156. The molecule has 158 valence electrons. The number of carbonyl (C=O) groups excluding carboxylic acids is 3. The summed E-state index contributed by atoms with van der Waals surface area (Å²) in [5.74, 6) is -0.309. The highest BCUT2D eigenvalue weighted by atomic mass is 16.6. The van der Waals surface area contributed by atoms with Gasteiger partial charge in [-0.1, -0.05) is 25.0 Å². The number of hydrogen-bond acceptors (Lipinski definition) is 6. The van der Waals surface area contributed by atoms with Gasteiger partial charge in [0, 0.05) is 18.0 Å². The normalized spacial score (nSPS) is 18.3. The fraction of sp³-hybridized carbons (Fsp3) is 0.571. The molecule has 0 bridgehead atoms. The van der Waals surface area contributed by atoms with Crippen LogP contribution in [-0.4, -0.2) is 42.3 Å². The Morgan fingerprint density at radius 1 is 1.24 bits per heavy atom. The number of amides is 3. The zero-order valence-corrected chi connectivity index (χ0v) is 17.1. The molecule has 1 aliphatic carbocycles. The fourth-order valence-corrected chi connectivity index (χ4v) is 3.63. The van der Waals surface area contributed by atoms with Gasteiger partial charge in [-0.3, -0.25) is 10.1 Å². The molecule has 29 heavy (non-hydrogen) atoms. The lowest BCUT2D eigenvalue weighted by Crippen LogP contribution is -2.47. The maximum atomic E-state index is 12.1. The van der Waals surface area contributed by atoms with E-state index in [1.165, 1.54) is 6.92 Å². The summed E-state index contributed by atoms with van der Waals surface area (Å²) in [6.45, 7) is 5.00. The minimum absolute atomic E-state index is 0.0915. The standard InChI is InChI=1S/C21H28N2O6/c1-13(19(25)23-20(26)22-15-8-4-5-9-15)28-17(24)12-27-16-10-6-7-14-11-21(2,3)29-18(14)16/h6-7,10,13,15H,4-5,8-9,11-12H2,1-3H3,(H2,22,23,25,26)/t13-/m0/s1. The zero-order valence-electron chi connectivity index (χ0n) is 17.1. The third-order valence-corrected chi connectivity index (χ3v) is 5.01. The minimum atomic E-state index is -1.11. The van der Waals surface area contributed by atoms with Gasteiger partial charge in [0.25, 0.3) is 5.91 Å². The molecule has 8 heteroatoms. The number of hydrogen-bond donors (Lipinski definition) is 2. The van der Waals surface area contributed by atoms with Crippen molar-refractivity contribution in [3.8, 4) is 11.5 Å². The first-order chi connectivity index (χ1) is 13.7. The van der Waals surface area contributed by atoms with E-state index in [4.69, 9.17) is 14.2 Å². The van der Waals surface area contributed by atoms with Gasteiger partial charge < -0.3 is 19.5 Å². The Hall–Kier alpha value is -2.77. The summed E-state index contributed by atoms with van der Waals surface area (Å²) in [4.78, 5) is 36.0. The summed E-state index contributed by atoms with van der Waals surface area (Å²) < 4.78 is 16.5. The predicted octanol–water partition coefficient (Wildman–Crippen LogP) is 2.48. The molecule has 0 radical (unpaired) electrons. The highest BCUT2D eigenvalue weighted by Gasteiger charge is 2.32. The van der Waals surface area contributed by atoms with Crippen LogP contribution in [0.1, 0.15) is 52.0 Å². The van der Waals surface area contributed by atoms with Crippen molar-refractivity contribution in [1.29, 1.82) is 0 Å². The van der Waals surface area contributed by atoms with Crippen molar-refractivity contribution in [3.05, 3.63) is 23.8 Å². The van der Waals surface area contributed by atoms with Crippen molar-refractivity contribution in [2.45, 2.75) is 70.6 Å². The van der Waals surface area contributed by atoms with Gasteiger partial charge in [0.1, 0.15) is 5.60 Å². The Balaban J connectivity index is 1.44. The SMILES string of the molecule is C[C@H](OC(=O)COc1cccc2c1OC(C)(C)C2)C(=O)NC(=O)NC1CCCC1. The summed E-state index contributed by atoms with van der Waals surface area (Å²) in [5.41, 5.74) is 0.690. The van der Waals surface area contributed by atoms with E-state index < -0.39 is 24.0 Å². The average molecular weight is 404 g/mol. The summed E-state index contributed by atoms with van der Waals surface area (Å²) in [6, 6.07) is 5.04. The van der Waals surface area contributed by atoms with Crippen molar-refractivity contribution in [3.63, 3.8) is 0 Å². The van der Waals surface area contributed by atoms with E-state index >= 15 is 0 Å². The minimum Gasteiger partial charge on any atom is -0.483 e. The van der Waals surface area contributed by atoms with Crippen LogP contribution in [0.5, 0.6) is 11.5 Å². The van der Waals surface area contributed by atoms with Crippen LogP contribution in [0.2, 0.25) is 0 Å². The van der Waals surface area contributed by atoms with Gasteiger partial charge in [0.05, 0.1) is 0 Å². The van der Waals surface area contributed by atoms with Crippen molar-refractivity contribution in [2.75, 3.05) is 6.61 Å². The number of ether oxygens (including phenoxy) is 3. The van der Waals surface area contributed by atoms with Gasteiger partial charge in [-0.25, -0.2) is 9.59 Å². The number of fused-ring (bicyclic) bond motifs is 1. The van der Waals surface area contributed by atoms with Crippen LogP contribution in [-0.2, 0) is 20.7 Å². The van der Waals surface area contributed by atoms with Crippen molar-refractivity contribution in [1.82, 2.24) is 10.6 Å². The van der Waals surface area contributed by atoms with E-state index in [0.717, 1.165) is 37.7 Å². The van der Waals surface area contributed by atoms with Crippen LogP contribution in [0.4, 0.5) is 4.79 Å². The topological polar surface area (TPSA) is 103 Å². The second kappa shape index (κ2) is 8.71. The summed E-state index contributed by atoms with van der Waals surface area (Å²) >= 11 is 0. The highest BCUT2D eigenvalue weighted by Crippen LogP contribution is 2.41. The maximum Gasteiger partial charge on any atom is 0.344 e. The van der Waals surface area contributed by atoms with Crippen LogP contribution >= 0.6 is 0 Å². The molecule has 0 aromatic heterocycles. The number of benzene rings is 1. The fourth-order valence-electron chi connectivity index (χ4n) is 3.63. The molecular formula is C21H28N2O6. The monoisotopic (exact) mass is 404 g/mol. The first-order valence-electron chi connectivity index (χ1n) is 9.98. The second-order valence-corrected chi connectivity index (χ2v) is 8.15. The molecule has 0 saturated heterocycles. The molecule has 8 nitrogen and oxygen atoms in total. The van der Waals surface area contributed by atoms with Gasteiger partial charge in [0.15, 0.2) is 24.2 Å². The molecule has 3 rings (SSSR count). The third-order valence-electron chi connectivity index (χ3n) is 5.01. The van der Waals surface area contributed by atoms with Crippen molar-refractivity contribution in [2.24, 2.45) is 0 Å². The third kappa shape index (κ3) is 5.62. The van der Waals surface area contributed by atoms with Crippen LogP contribution in [0.15, 0.2) is 18.2 Å². The van der Waals surface area contributed by atoms with Gasteiger partial charge in [-0.05, 0) is 39.7 Å². The molecule has 3 amide bonds. The first kappa shape index (κ1) is 21.0. The highest BCUT2D eigenvalue weighted by molar-refractivity contribution is 5.97. The first-order valence-corrected chi connectivity index (χ1v) is 9.98. The second-order valence-electron chi connectivity index (χ2n) is 8.15. The van der Waals surface area contributed by atoms with Gasteiger partial charge in [0.2, 0.25) is 0 Å². The average Bonchev–Trinajstić information content (AvgIpc) is 3.25. The Bertz CT molecular complexity index is 785. The van der Waals surface area contributed by atoms with Gasteiger partial charge in [-0.15, -0.1) is 0 Å². The van der Waals surface area contributed by atoms with Crippen LogP contribution < -0.4 is 20.1 Å². The number of esters is 1. The molecule has 2 N–H and O–H groups in total. The Morgan fingerprint density at radius 3 is 2.69 bits per heavy atom. The molecule has 1 atom stereocenters. The molecule has 1 aliphatic heterocycles. The Labute approximate surface area is 170 Å². The number of urea groups is 1. The number of imide groups is 1. The van der Waals surface area contributed by atoms with E-state index in [1.54, 1.807) is 6.07 Å². The maximum absolute atomic E-state index is 12.1. The van der Waals surface area contributed by atoms with E-state index in [1.807, 2.05) is 26.0 Å². The molecule has 1 fully saturated rings. The predicted molar refractivity (Wildman–Crippen MR) is 105 cm³/mol. The molecule has 1 aromatic rings. The number of carbonyl (C=O) groups is 3. The van der Waals surface area contributed by atoms with Crippen LogP contribution in [0, 0.1) is 0 Å². The quantitative estimate of drug-likeness (QED) is 0.706. The molecule has 0 spiro atoms. The van der Waals surface area contributed by atoms with Crippen molar-refractivity contribution < 1.29 is 28.6 Å². The van der Waals surface area contributed by atoms with Crippen LogP contribution in [0.25, 0.3) is 0 Å². The van der Waals surface area contributed by atoms with Gasteiger partial charge >= 0.3 is 12.0 Å². The summed E-state index contributed by atoms with van der Waals surface area (Å²) in [6.07, 6.45) is 3.60. The zero-order chi connectivity index (χ0) is 21.0. The van der Waals surface area contributed by atoms with Gasteiger partial charge in [-0.2, -0.15) is 0 Å². The molecule has 2 aliphatic rings. The lowest BCUT2D eigenvalue weighted by atomic mass is 10.0. The summed E-state index contributed by atoms with van der Waals surface area (Å²) in [5, 5.41) is 4.95. The number of rotatable bonds is 6. The van der Waals surface area contributed by atoms with E-state index in [9.17, 15) is 14.4 Å². The Kier molecular flexibility index (Phi) is 6.30. The largest absolute Gasteiger partial charge is 0.483 e. The van der Waals surface area contributed by atoms with Crippen molar-refractivity contribution >= 4 is 17.9 Å². The summed E-state index contributed by atoms with van der Waals surface area (Å²) in [7, 11) is 0. The Morgan fingerprint density at radius 2 is 1.97 bits per heavy atom. The number of para-hydroxylation sites is 1. The lowest BCUT2D eigenvalue weighted by Gasteiger charge is -2.18. The molecule has 1 aromatic carbocycles. The smallest absolute Gasteiger partial charge is 0.344 e. The van der Waals surface area contributed by atoms with E-state index in [-0.39, 0.29) is 18.2 Å². The number of nitrogens with one attached hydrogen (secondary N) is 2. The molecule has 0 unspecified atom stereocenters. The molecule has 1 saturated carbocycles. The van der Waals surface area contributed by atoms with E-state index in [0.29, 0.717) is 11.5 Å². The van der Waals surface area contributed by atoms with E-state index in [2.05, 4.69) is 10.6 Å². The van der Waals surface area contributed by atoms with Crippen LogP contribution in [0.3, 0.4) is 0 Å².